The quantitative estimate of drug-likeness (QED) is 0.858. The lowest BCUT2D eigenvalue weighted by Crippen LogP contribution is -2.18. The SMILES string of the molecule is Nc1nc2ccc(F)c(F)c2n1C1CC2CCC1C2. The van der Waals surface area contributed by atoms with Gasteiger partial charge < -0.3 is 10.3 Å². The molecular weight excluding hydrogens is 248 g/mol. The molecule has 3 unspecified atom stereocenters. The van der Waals surface area contributed by atoms with Crippen molar-refractivity contribution in [2.45, 2.75) is 31.7 Å². The molecule has 19 heavy (non-hydrogen) atoms. The average Bonchev–Trinajstić information content (AvgIpc) is 3.06. The van der Waals surface area contributed by atoms with E-state index in [1.54, 1.807) is 4.57 Å². The van der Waals surface area contributed by atoms with Crippen LogP contribution < -0.4 is 5.73 Å². The number of nitrogen functional groups attached to an aromatic ring is 1. The van der Waals surface area contributed by atoms with Crippen LogP contribution in [0.3, 0.4) is 0 Å². The second-order valence-corrected chi connectivity index (χ2v) is 5.81. The van der Waals surface area contributed by atoms with Crippen molar-refractivity contribution in [1.29, 1.82) is 0 Å². The Hall–Kier alpha value is -1.65. The maximum absolute atomic E-state index is 14.1. The lowest BCUT2D eigenvalue weighted by atomic mass is 9.95. The number of aromatic nitrogens is 2. The predicted molar refractivity (Wildman–Crippen MR) is 68.5 cm³/mol. The van der Waals surface area contributed by atoms with Gasteiger partial charge in [0.25, 0.3) is 0 Å². The number of rotatable bonds is 1. The molecule has 4 rings (SSSR count). The summed E-state index contributed by atoms with van der Waals surface area (Å²) in [5, 5.41) is 0. The van der Waals surface area contributed by atoms with Gasteiger partial charge in [0.2, 0.25) is 5.95 Å². The van der Waals surface area contributed by atoms with Crippen LogP contribution in [-0.4, -0.2) is 9.55 Å². The molecule has 3 nitrogen and oxygen atoms in total. The van der Waals surface area contributed by atoms with Gasteiger partial charge in [-0.1, -0.05) is 6.42 Å². The Balaban J connectivity index is 1.94. The van der Waals surface area contributed by atoms with E-state index in [0.29, 0.717) is 23.3 Å². The van der Waals surface area contributed by atoms with Crippen molar-refractivity contribution >= 4 is 17.0 Å². The average molecular weight is 263 g/mol. The van der Waals surface area contributed by atoms with Crippen molar-refractivity contribution in [3.05, 3.63) is 23.8 Å². The molecule has 2 aliphatic carbocycles. The highest BCUT2D eigenvalue weighted by atomic mass is 19.2. The highest BCUT2D eigenvalue weighted by Gasteiger charge is 2.42. The Labute approximate surface area is 109 Å². The first-order valence-electron chi connectivity index (χ1n) is 6.76. The van der Waals surface area contributed by atoms with Crippen LogP contribution in [0.15, 0.2) is 12.1 Å². The van der Waals surface area contributed by atoms with Crippen LogP contribution in [-0.2, 0) is 0 Å². The zero-order chi connectivity index (χ0) is 13.1. The molecule has 1 aromatic heterocycles. The largest absolute Gasteiger partial charge is 0.369 e. The van der Waals surface area contributed by atoms with E-state index in [-0.39, 0.29) is 11.6 Å². The number of fused-ring (bicyclic) bond motifs is 3. The number of nitrogens with zero attached hydrogens (tertiary/aromatic N) is 2. The van der Waals surface area contributed by atoms with Crippen molar-refractivity contribution in [2.75, 3.05) is 5.73 Å². The summed E-state index contributed by atoms with van der Waals surface area (Å²) in [5.74, 6) is -0.117. The van der Waals surface area contributed by atoms with Crippen molar-refractivity contribution in [3.63, 3.8) is 0 Å². The minimum absolute atomic E-state index is 0.181. The van der Waals surface area contributed by atoms with Crippen molar-refractivity contribution in [3.8, 4) is 0 Å². The van der Waals surface area contributed by atoms with Gasteiger partial charge >= 0.3 is 0 Å². The normalized spacial score (nSPS) is 29.5. The molecule has 100 valence electrons. The fraction of sp³-hybridized carbons (Fsp3) is 0.500. The van der Waals surface area contributed by atoms with E-state index in [2.05, 4.69) is 4.98 Å². The summed E-state index contributed by atoms with van der Waals surface area (Å²) >= 11 is 0. The Morgan fingerprint density at radius 3 is 2.74 bits per heavy atom. The van der Waals surface area contributed by atoms with E-state index >= 15 is 0 Å². The first-order chi connectivity index (χ1) is 9.15. The van der Waals surface area contributed by atoms with Crippen LogP contribution in [0.25, 0.3) is 11.0 Å². The van der Waals surface area contributed by atoms with Gasteiger partial charge in [-0.3, -0.25) is 0 Å². The number of hydrogen-bond donors (Lipinski definition) is 1. The molecule has 3 atom stereocenters. The van der Waals surface area contributed by atoms with Gasteiger partial charge in [0.15, 0.2) is 11.6 Å². The molecule has 2 fully saturated rings. The van der Waals surface area contributed by atoms with Gasteiger partial charge in [-0.15, -0.1) is 0 Å². The third-order valence-corrected chi connectivity index (χ3v) is 4.80. The van der Waals surface area contributed by atoms with Crippen LogP contribution in [0.5, 0.6) is 0 Å². The molecule has 0 saturated heterocycles. The minimum Gasteiger partial charge on any atom is -0.369 e. The molecule has 2 saturated carbocycles. The van der Waals surface area contributed by atoms with Crippen molar-refractivity contribution in [1.82, 2.24) is 9.55 Å². The third-order valence-electron chi connectivity index (χ3n) is 4.80. The fourth-order valence-corrected chi connectivity index (χ4v) is 4.00. The van der Waals surface area contributed by atoms with Crippen molar-refractivity contribution in [2.24, 2.45) is 11.8 Å². The molecule has 2 aliphatic rings. The second-order valence-electron chi connectivity index (χ2n) is 5.81. The van der Waals surface area contributed by atoms with E-state index in [0.717, 1.165) is 18.9 Å². The first-order valence-corrected chi connectivity index (χ1v) is 6.76. The summed E-state index contributed by atoms with van der Waals surface area (Å²) in [6.07, 6.45) is 4.60. The number of nitrogens with two attached hydrogens (primary N) is 1. The van der Waals surface area contributed by atoms with E-state index < -0.39 is 11.6 Å². The summed E-state index contributed by atoms with van der Waals surface area (Å²) in [6, 6.07) is 2.78. The number of hydrogen-bond acceptors (Lipinski definition) is 2. The Kier molecular flexibility index (Phi) is 2.17. The van der Waals surface area contributed by atoms with Crippen LogP contribution in [0, 0.1) is 23.5 Å². The maximum atomic E-state index is 14.1. The standard InChI is InChI=1S/C14H15F2N3/c15-9-3-4-10-13(12(9)16)19(14(17)18-10)11-6-7-1-2-8(11)5-7/h3-4,7-8,11H,1-2,5-6H2,(H2,17,18). The van der Waals surface area contributed by atoms with Gasteiger partial charge in [-0.25, -0.2) is 13.8 Å². The number of halogens is 2. The number of anilines is 1. The van der Waals surface area contributed by atoms with Gasteiger partial charge in [-0.2, -0.15) is 0 Å². The molecular formula is C14H15F2N3. The lowest BCUT2D eigenvalue weighted by Gasteiger charge is -2.24. The van der Waals surface area contributed by atoms with E-state index in [4.69, 9.17) is 5.73 Å². The van der Waals surface area contributed by atoms with E-state index in [9.17, 15) is 8.78 Å². The number of imidazole rings is 1. The summed E-state index contributed by atoms with van der Waals surface area (Å²) < 4.78 is 29.3. The third kappa shape index (κ3) is 1.44. The molecule has 2 N–H and O–H groups in total. The molecule has 0 radical (unpaired) electrons. The van der Waals surface area contributed by atoms with Crippen molar-refractivity contribution < 1.29 is 8.78 Å². The molecule has 0 spiro atoms. The predicted octanol–water partition coefficient (Wildman–Crippen LogP) is 3.26. The van der Waals surface area contributed by atoms with Crippen LogP contribution in [0.2, 0.25) is 0 Å². The molecule has 2 aromatic rings. The topological polar surface area (TPSA) is 43.8 Å². The van der Waals surface area contributed by atoms with Crippen LogP contribution in [0.1, 0.15) is 31.7 Å². The summed E-state index contributed by atoms with van der Waals surface area (Å²) in [4.78, 5) is 4.18. The Bertz CT molecular complexity index is 664. The van der Waals surface area contributed by atoms with Crippen LogP contribution in [0.4, 0.5) is 14.7 Å². The minimum atomic E-state index is -0.836. The zero-order valence-corrected chi connectivity index (χ0v) is 10.4. The molecule has 0 aliphatic heterocycles. The monoisotopic (exact) mass is 263 g/mol. The van der Waals surface area contributed by atoms with Gasteiger partial charge in [0.1, 0.15) is 5.52 Å². The van der Waals surface area contributed by atoms with Crippen LogP contribution >= 0.6 is 0 Å². The molecule has 2 bridgehead atoms. The molecule has 5 heteroatoms. The molecule has 1 heterocycles. The van der Waals surface area contributed by atoms with Gasteiger partial charge in [0.05, 0.1) is 5.52 Å². The summed E-state index contributed by atoms with van der Waals surface area (Å²) in [5.41, 5.74) is 6.62. The van der Waals surface area contributed by atoms with E-state index in [1.165, 1.54) is 18.9 Å². The summed E-state index contributed by atoms with van der Waals surface area (Å²) in [7, 11) is 0. The fourth-order valence-electron chi connectivity index (χ4n) is 4.00. The van der Waals surface area contributed by atoms with Gasteiger partial charge in [-0.05, 0) is 43.2 Å². The highest BCUT2D eigenvalue weighted by molar-refractivity contribution is 5.79. The second kappa shape index (κ2) is 3.68. The Morgan fingerprint density at radius 1 is 1.21 bits per heavy atom. The van der Waals surface area contributed by atoms with Gasteiger partial charge in [0, 0.05) is 6.04 Å². The van der Waals surface area contributed by atoms with E-state index in [1.807, 2.05) is 0 Å². The highest BCUT2D eigenvalue weighted by Crippen LogP contribution is 2.52. The molecule has 0 amide bonds. The number of benzene rings is 1. The lowest BCUT2D eigenvalue weighted by molar-refractivity contribution is 0.337. The Morgan fingerprint density at radius 2 is 2.05 bits per heavy atom. The maximum Gasteiger partial charge on any atom is 0.201 e. The summed E-state index contributed by atoms with van der Waals surface area (Å²) in [6.45, 7) is 0. The first kappa shape index (κ1) is 11.2. The molecule has 1 aromatic carbocycles. The smallest absolute Gasteiger partial charge is 0.201 e. The zero-order valence-electron chi connectivity index (χ0n) is 10.4.